The molecule has 0 atom stereocenters. The van der Waals surface area contributed by atoms with Crippen LogP contribution in [0, 0.1) is 0 Å². The number of sulfonamides is 1. The Labute approximate surface area is 187 Å². The van der Waals surface area contributed by atoms with E-state index in [9.17, 15) is 21.6 Å². The molecule has 1 N–H and O–H groups in total. The third kappa shape index (κ3) is 5.76. The maximum Gasteiger partial charge on any atom is 0.262 e. The summed E-state index contributed by atoms with van der Waals surface area (Å²) < 4.78 is 65.9. The summed E-state index contributed by atoms with van der Waals surface area (Å²) in [6.07, 6.45) is 1.09. The molecule has 0 unspecified atom stereocenters. The second kappa shape index (κ2) is 9.86. The van der Waals surface area contributed by atoms with Gasteiger partial charge in [-0.15, -0.1) is 0 Å². The highest BCUT2D eigenvalue weighted by Gasteiger charge is 2.27. The second-order valence-electron chi connectivity index (χ2n) is 6.96. The second-order valence-corrected chi connectivity index (χ2v) is 10.9. The number of morpholine rings is 1. The SMILES string of the molecule is COc1ccc(S(=O)(=O)N2CCOCC2)cc1NC(=O)COc1ccc(S(C)(=O)=O)cc1. The average molecular weight is 485 g/mol. The number of anilines is 1. The molecule has 32 heavy (non-hydrogen) atoms. The minimum Gasteiger partial charge on any atom is -0.495 e. The zero-order chi connectivity index (χ0) is 23.4. The fraction of sp³-hybridized carbons (Fsp3) is 0.350. The number of carbonyl (C=O) groups is 1. The summed E-state index contributed by atoms with van der Waals surface area (Å²) in [5.41, 5.74) is 0.183. The molecular weight excluding hydrogens is 460 g/mol. The van der Waals surface area contributed by atoms with Crippen LogP contribution in [0.5, 0.6) is 11.5 Å². The Morgan fingerprint density at radius 3 is 2.25 bits per heavy atom. The van der Waals surface area contributed by atoms with E-state index in [1.165, 1.54) is 53.9 Å². The lowest BCUT2D eigenvalue weighted by atomic mass is 10.3. The van der Waals surface area contributed by atoms with Crippen LogP contribution in [0.1, 0.15) is 0 Å². The number of nitrogens with zero attached hydrogens (tertiary/aromatic N) is 1. The van der Waals surface area contributed by atoms with Crippen LogP contribution in [0.25, 0.3) is 0 Å². The Bertz CT molecular complexity index is 1170. The largest absolute Gasteiger partial charge is 0.495 e. The predicted octanol–water partition coefficient (Wildman–Crippen LogP) is 1.14. The molecule has 10 nitrogen and oxygen atoms in total. The zero-order valence-corrected chi connectivity index (χ0v) is 19.2. The van der Waals surface area contributed by atoms with E-state index in [0.717, 1.165) is 6.26 Å². The minimum absolute atomic E-state index is 0.0211. The van der Waals surface area contributed by atoms with Gasteiger partial charge in [0.25, 0.3) is 5.91 Å². The maximum atomic E-state index is 12.9. The quantitative estimate of drug-likeness (QED) is 0.591. The van der Waals surface area contributed by atoms with Crippen molar-refractivity contribution in [2.24, 2.45) is 0 Å². The number of carbonyl (C=O) groups excluding carboxylic acids is 1. The van der Waals surface area contributed by atoms with Gasteiger partial charge in [-0.2, -0.15) is 4.31 Å². The molecule has 2 aromatic rings. The minimum atomic E-state index is -3.75. The predicted molar refractivity (Wildman–Crippen MR) is 116 cm³/mol. The number of amides is 1. The van der Waals surface area contributed by atoms with Gasteiger partial charge in [0, 0.05) is 19.3 Å². The number of hydrogen-bond donors (Lipinski definition) is 1. The van der Waals surface area contributed by atoms with Crippen molar-refractivity contribution < 1.29 is 35.8 Å². The van der Waals surface area contributed by atoms with Gasteiger partial charge in [-0.3, -0.25) is 4.79 Å². The monoisotopic (exact) mass is 484 g/mol. The smallest absolute Gasteiger partial charge is 0.262 e. The summed E-state index contributed by atoms with van der Waals surface area (Å²) in [6, 6.07) is 9.87. The van der Waals surface area contributed by atoms with Crippen LogP contribution in [-0.4, -0.2) is 73.3 Å². The van der Waals surface area contributed by atoms with Crippen molar-refractivity contribution in [3.63, 3.8) is 0 Å². The van der Waals surface area contributed by atoms with E-state index in [0.29, 0.717) is 19.0 Å². The molecule has 1 amide bonds. The fourth-order valence-electron chi connectivity index (χ4n) is 3.00. The molecule has 0 radical (unpaired) electrons. The van der Waals surface area contributed by atoms with Gasteiger partial charge in [-0.25, -0.2) is 16.8 Å². The van der Waals surface area contributed by atoms with Crippen LogP contribution in [0.4, 0.5) is 5.69 Å². The first kappa shape index (κ1) is 24.0. The molecule has 0 spiro atoms. The van der Waals surface area contributed by atoms with E-state index < -0.39 is 25.8 Å². The number of ether oxygens (including phenoxy) is 3. The average Bonchev–Trinajstić information content (AvgIpc) is 2.78. The number of methoxy groups -OCH3 is 1. The van der Waals surface area contributed by atoms with Gasteiger partial charge in [0.15, 0.2) is 16.4 Å². The maximum absolute atomic E-state index is 12.9. The molecule has 0 bridgehead atoms. The van der Waals surface area contributed by atoms with E-state index in [4.69, 9.17) is 14.2 Å². The molecule has 1 aliphatic rings. The van der Waals surface area contributed by atoms with Crippen LogP contribution in [0.2, 0.25) is 0 Å². The summed E-state index contributed by atoms with van der Waals surface area (Å²) in [7, 11) is -5.68. The van der Waals surface area contributed by atoms with E-state index in [2.05, 4.69) is 5.32 Å². The van der Waals surface area contributed by atoms with Gasteiger partial charge in [0.05, 0.1) is 35.8 Å². The standard InChI is InChI=1S/C20H24N2O8S2/c1-28-19-8-7-17(32(26,27)22-9-11-29-12-10-22)13-18(19)21-20(23)14-30-15-3-5-16(6-4-15)31(2,24)25/h3-8,13H,9-12,14H2,1-2H3,(H,21,23). The molecule has 1 saturated heterocycles. The molecule has 2 aromatic carbocycles. The molecule has 1 fully saturated rings. The summed E-state index contributed by atoms with van der Waals surface area (Å²) in [5, 5.41) is 2.59. The molecule has 1 heterocycles. The highest BCUT2D eigenvalue weighted by molar-refractivity contribution is 7.90. The van der Waals surface area contributed by atoms with Gasteiger partial charge in [-0.05, 0) is 42.5 Å². The lowest BCUT2D eigenvalue weighted by Crippen LogP contribution is -2.40. The van der Waals surface area contributed by atoms with Crippen molar-refractivity contribution in [1.82, 2.24) is 4.31 Å². The van der Waals surface area contributed by atoms with Gasteiger partial charge in [-0.1, -0.05) is 0 Å². The van der Waals surface area contributed by atoms with Gasteiger partial charge >= 0.3 is 0 Å². The Morgan fingerprint density at radius 1 is 1.03 bits per heavy atom. The highest BCUT2D eigenvalue weighted by atomic mass is 32.2. The van der Waals surface area contributed by atoms with Crippen LogP contribution in [-0.2, 0) is 29.4 Å². The Balaban J connectivity index is 1.70. The Kier molecular flexibility index (Phi) is 7.39. The normalized spacial score (nSPS) is 15.2. The number of sulfone groups is 1. The molecule has 3 rings (SSSR count). The fourth-order valence-corrected chi connectivity index (χ4v) is 5.06. The van der Waals surface area contributed by atoms with Crippen molar-refractivity contribution in [3.8, 4) is 11.5 Å². The van der Waals surface area contributed by atoms with Crippen LogP contribution in [0.15, 0.2) is 52.3 Å². The summed E-state index contributed by atoms with van der Waals surface area (Å²) in [4.78, 5) is 12.5. The van der Waals surface area contributed by atoms with E-state index in [-0.39, 0.29) is 40.9 Å². The first-order valence-corrected chi connectivity index (χ1v) is 12.9. The van der Waals surface area contributed by atoms with Crippen molar-refractivity contribution in [1.29, 1.82) is 0 Å². The summed E-state index contributed by atoms with van der Waals surface area (Å²) in [5.74, 6) is 0.0522. The first-order valence-electron chi connectivity index (χ1n) is 9.60. The molecule has 0 saturated carbocycles. The Morgan fingerprint density at radius 2 is 1.66 bits per heavy atom. The third-order valence-corrected chi connectivity index (χ3v) is 7.70. The topological polar surface area (TPSA) is 128 Å². The van der Waals surface area contributed by atoms with Crippen LogP contribution < -0.4 is 14.8 Å². The first-order chi connectivity index (χ1) is 15.1. The van der Waals surface area contributed by atoms with Crippen molar-refractivity contribution in [2.45, 2.75) is 9.79 Å². The van der Waals surface area contributed by atoms with Crippen LogP contribution in [0.3, 0.4) is 0 Å². The van der Waals surface area contributed by atoms with E-state index in [1.807, 2.05) is 0 Å². The van der Waals surface area contributed by atoms with E-state index >= 15 is 0 Å². The number of benzene rings is 2. The molecule has 174 valence electrons. The van der Waals surface area contributed by atoms with Crippen LogP contribution >= 0.6 is 0 Å². The zero-order valence-electron chi connectivity index (χ0n) is 17.6. The molecule has 0 aromatic heterocycles. The molecule has 12 heteroatoms. The van der Waals surface area contributed by atoms with Gasteiger partial charge in [0.2, 0.25) is 10.0 Å². The molecular formula is C20H24N2O8S2. The van der Waals surface area contributed by atoms with Crippen molar-refractivity contribution in [2.75, 3.05) is 51.6 Å². The lowest BCUT2D eigenvalue weighted by Gasteiger charge is -2.26. The third-order valence-electron chi connectivity index (χ3n) is 4.67. The molecule has 0 aliphatic carbocycles. The van der Waals surface area contributed by atoms with Gasteiger partial charge in [0.1, 0.15) is 11.5 Å². The summed E-state index contributed by atoms with van der Waals surface area (Å²) >= 11 is 0. The van der Waals surface area contributed by atoms with Gasteiger partial charge < -0.3 is 19.5 Å². The highest BCUT2D eigenvalue weighted by Crippen LogP contribution is 2.29. The van der Waals surface area contributed by atoms with Crippen molar-refractivity contribution in [3.05, 3.63) is 42.5 Å². The lowest BCUT2D eigenvalue weighted by molar-refractivity contribution is -0.118. The number of rotatable bonds is 8. The van der Waals surface area contributed by atoms with Crippen molar-refractivity contribution >= 4 is 31.5 Å². The molecule has 1 aliphatic heterocycles. The number of hydrogen-bond acceptors (Lipinski definition) is 8. The number of nitrogens with one attached hydrogen (secondary N) is 1. The van der Waals surface area contributed by atoms with E-state index in [1.54, 1.807) is 0 Å². The Hall–Kier alpha value is -2.67. The summed E-state index contributed by atoms with van der Waals surface area (Å²) in [6.45, 7) is 0.773.